The third-order valence-corrected chi connectivity index (χ3v) is 3.57. The van der Waals surface area contributed by atoms with Gasteiger partial charge in [-0.25, -0.2) is 8.42 Å². The topological polar surface area (TPSA) is 129 Å². The van der Waals surface area contributed by atoms with Gasteiger partial charge in [0.1, 0.15) is 5.69 Å². The molecular weight excluding hydrogens is 318 g/mol. The van der Waals surface area contributed by atoms with Gasteiger partial charge >= 0.3 is 0 Å². The van der Waals surface area contributed by atoms with Gasteiger partial charge in [0.25, 0.3) is 10.9 Å². The lowest BCUT2D eigenvalue weighted by Gasteiger charge is -1.99. The largest absolute Gasteiger partial charge is 0.368 e. The van der Waals surface area contributed by atoms with Gasteiger partial charge in [0.05, 0.1) is 5.02 Å². The number of aromatic nitrogens is 6. The smallest absolute Gasteiger partial charge is 0.258 e. The third-order valence-electron chi connectivity index (χ3n) is 2.50. The summed E-state index contributed by atoms with van der Waals surface area (Å²) >= 11 is 5.76. The molecular formula is C10H8ClN7O2S. The molecule has 0 fully saturated rings. The van der Waals surface area contributed by atoms with Gasteiger partial charge in [-0.3, -0.25) is 4.98 Å². The Bertz CT molecular complexity index is 936. The molecule has 0 aromatic carbocycles. The van der Waals surface area contributed by atoms with Crippen molar-refractivity contribution in [2.75, 3.05) is 12.0 Å². The van der Waals surface area contributed by atoms with Crippen molar-refractivity contribution in [1.82, 2.24) is 29.5 Å². The Labute approximate surface area is 123 Å². The van der Waals surface area contributed by atoms with E-state index in [0.29, 0.717) is 10.7 Å². The van der Waals surface area contributed by atoms with Crippen LogP contribution in [0.25, 0.3) is 17.3 Å². The van der Waals surface area contributed by atoms with E-state index in [1.165, 1.54) is 6.20 Å². The quantitative estimate of drug-likeness (QED) is 0.708. The predicted octanol–water partition coefficient (Wildman–Crippen LogP) is 0.220. The van der Waals surface area contributed by atoms with Crippen LogP contribution >= 0.6 is 11.6 Å². The average molecular weight is 326 g/mol. The molecule has 0 bridgehead atoms. The SMILES string of the molecule is CS(=O)(=O)c1nc(N)n2nc(-c3ccc(Cl)cn3)nc2n1. The molecule has 0 saturated carbocycles. The highest BCUT2D eigenvalue weighted by Crippen LogP contribution is 2.17. The second-order valence-electron chi connectivity index (χ2n) is 4.15. The number of sulfone groups is 1. The van der Waals surface area contributed by atoms with Crippen LogP contribution in [-0.2, 0) is 9.84 Å². The van der Waals surface area contributed by atoms with Crippen molar-refractivity contribution in [3.63, 3.8) is 0 Å². The first-order valence-corrected chi connectivity index (χ1v) is 7.84. The summed E-state index contributed by atoms with van der Waals surface area (Å²) in [5, 5.41) is 4.16. The van der Waals surface area contributed by atoms with E-state index in [9.17, 15) is 8.42 Å². The van der Waals surface area contributed by atoms with Crippen molar-refractivity contribution in [2.24, 2.45) is 0 Å². The fourth-order valence-electron chi connectivity index (χ4n) is 1.57. The highest BCUT2D eigenvalue weighted by atomic mass is 35.5. The lowest BCUT2D eigenvalue weighted by atomic mass is 10.3. The first-order valence-electron chi connectivity index (χ1n) is 5.57. The van der Waals surface area contributed by atoms with Crippen LogP contribution in [-0.4, -0.2) is 44.2 Å². The molecule has 0 aliphatic heterocycles. The summed E-state index contributed by atoms with van der Waals surface area (Å²) in [5.74, 6) is 0.126. The molecule has 0 atom stereocenters. The monoisotopic (exact) mass is 325 g/mol. The number of nitrogens with zero attached hydrogens (tertiary/aromatic N) is 6. The standard InChI is InChI=1S/C10H8ClN7O2S/c1-21(19,20)10-15-8(12)18-9(16-10)14-7(17-18)6-3-2-5(11)4-13-6/h2-4H,1H3,(H2,12,14,15,16,17). The maximum atomic E-state index is 11.5. The molecule has 0 spiro atoms. The highest BCUT2D eigenvalue weighted by Gasteiger charge is 2.17. The zero-order valence-corrected chi connectivity index (χ0v) is 12.2. The Hall–Kier alpha value is -2.33. The first-order chi connectivity index (χ1) is 9.84. The van der Waals surface area contributed by atoms with Gasteiger partial charge in [-0.05, 0) is 12.1 Å². The maximum absolute atomic E-state index is 11.5. The number of fused-ring (bicyclic) bond motifs is 1. The van der Waals surface area contributed by atoms with E-state index in [0.717, 1.165) is 10.8 Å². The highest BCUT2D eigenvalue weighted by molar-refractivity contribution is 7.90. The van der Waals surface area contributed by atoms with Crippen LogP contribution in [0.3, 0.4) is 0 Å². The lowest BCUT2D eigenvalue weighted by molar-refractivity contribution is 0.592. The van der Waals surface area contributed by atoms with Gasteiger partial charge < -0.3 is 5.73 Å². The molecule has 0 aliphatic rings. The van der Waals surface area contributed by atoms with Crippen LogP contribution in [0, 0.1) is 0 Å². The average Bonchev–Trinajstić information content (AvgIpc) is 2.83. The molecule has 3 heterocycles. The van der Waals surface area contributed by atoms with Crippen LogP contribution in [0.15, 0.2) is 23.5 Å². The fraction of sp³-hybridized carbons (Fsp3) is 0.100. The zero-order chi connectivity index (χ0) is 15.2. The van der Waals surface area contributed by atoms with Crippen molar-refractivity contribution in [2.45, 2.75) is 5.16 Å². The van der Waals surface area contributed by atoms with Gasteiger partial charge in [0, 0.05) is 12.5 Å². The molecule has 108 valence electrons. The molecule has 0 saturated heterocycles. The van der Waals surface area contributed by atoms with Crippen molar-refractivity contribution in [3.8, 4) is 11.5 Å². The number of nitrogen functional groups attached to an aromatic ring is 1. The minimum Gasteiger partial charge on any atom is -0.368 e. The van der Waals surface area contributed by atoms with E-state index in [2.05, 4.69) is 25.0 Å². The number of pyridine rings is 1. The van der Waals surface area contributed by atoms with Crippen molar-refractivity contribution >= 4 is 33.2 Å². The summed E-state index contributed by atoms with van der Waals surface area (Å²) in [6, 6.07) is 3.25. The molecule has 0 amide bonds. The van der Waals surface area contributed by atoms with Crippen molar-refractivity contribution in [3.05, 3.63) is 23.4 Å². The molecule has 21 heavy (non-hydrogen) atoms. The number of anilines is 1. The third kappa shape index (κ3) is 2.50. The van der Waals surface area contributed by atoms with E-state index in [4.69, 9.17) is 17.3 Å². The maximum Gasteiger partial charge on any atom is 0.258 e. The Balaban J connectivity index is 2.20. The zero-order valence-electron chi connectivity index (χ0n) is 10.6. The Morgan fingerprint density at radius 2 is 2.00 bits per heavy atom. The van der Waals surface area contributed by atoms with Crippen LogP contribution in [0.2, 0.25) is 5.02 Å². The molecule has 0 radical (unpaired) electrons. The molecule has 3 aromatic heterocycles. The van der Waals surface area contributed by atoms with Crippen LogP contribution in [0.5, 0.6) is 0 Å². The normalized spacial score (nSPS) is 11.9. The number of rotatable bonds is 2. The van der Waals surface area contributed by atoms with Crippen molar-refractivity contribution < 1.29 is 8.42 Å². The minimum atomic E-state index is -3.59. The molecule has 9 nitrogen and oxygen atoms in total. The Morgan fingerprint density at radius 1 is 1.24 bits per heavy atom. The van der Waals surface area contributed by atoms with E-state index < -0.39 is 15.0 Å². The van der Waals surface area contributed by atoms with E-state index >= 15 is 0 Å². The Kier molecular flexibility index (Phi) is 2.99. The molecule has 3 aromatic rings. The van der Waals surface area contributed by atoms with E-state index in [1.807, 2.05) is 0 Å². The number of hydrogen-bond donors (Lipinski definition) is 1. The molecule has 0 aliphatic carbocycles. The molecule has 3 rings (SSSR count). The number of nitrogens with two attached hydrogens (primary N) is 1. The van der Waals surface area contributed by atoms with Crippen LogP contribution in [0.4, 0.5) is 5.95 Å². The fourth-order valence-corrected chi connectivity index (χ4v) is 2.19. The summed E-state index contributed by atoms with van der Waals surface area (Å²) < 4.78 is 24.1. The second kappa shape index (κ2) is 4.60. The van der Waals surface area contributed by atoms with Gasteiger partial charge in [0.15, 0.2) is 0 Å². The molecule has 2 N–H and O–H groups in total. The number of hydrogen-bond acceptors (Lipinski definition) is 8. The van der Waals surface area contributed by atoms with E-state index in [-0.39, 0.29) is 17.6 Å². The van der Waals surface area contributed by atoms with E-state index in [1.54, 1.807) is 12.1 Å². The lowest BCUT2D eigenvalue weighted by Crippen LogP contribution is -2.11. The molecule has 11 heteroatoms. The molecule has 0 unspecified atom stereocenters. The number of halogens is 1. The van der Waals surface area contributed by atoms with Gasteiger partial charge in [-0.15, -0.1) is 5.10 Å². The van der Waals surface area contributed by atoms with Gasteiger partial charge in [-0.1, -0.05) is 11.6 Å². The van der Waals surface area contributed by atoms with Gasteiger partial charge in [0.2, 0.25) is 21.6 Å². The van der Waals surface area contributed by atoms with Crippen LogP contribution < -0.4 is 5.73 Å². The minimum absolute atomic E-state index is 0.0228. The summed E-state index contributed by atoms with van der Waals surface area (Å²) in [4.78, 5) is 15.7. The summed E-state index contributed by atoms with van der Waals surface area (Å²) in [6.07, 6.45) is 2.43. The first kappa shape index (κ1) is 13.6. The summed E-state index contributed by atoms with van der Waals surface area (Å²) in [7, 11) is -3.59. The summed E-state index contributed by atoms with van der Waals surface area (Å²) in [5.41, 5.74) is 6.12. The van der Waals surface area contributed by atoms with Crippen LogP contribution in [0.1, 0.15) is 0 Å². The predicted molar refractivity (Wildman–Crippen MR) is 74.3 cm³/mol. The second-order valence-corrected chi connectivity index (χ2v) is 6.49. The van der Waals surface area contributed by atoms with Gasteiger partial charge in [-0.2, -0.15) is 19.5 Å². The Morgan fingerprint density at radius 3 is 2.62 bits per heavy atom. The summed E-state index contributed by atoms with van der Waals surface area (Å²) in [6.45, 7) is 0. The van der Waals surface area contributed by atoms with Crippen molar-refractivity contribution in [1.29, 1.82) is 0 Å².